The first kappa shape index (κ1) is 17.9. The predicted molar refractivity (Wildman–Crippen MR) is 85.1 cm³/mol. The van der Waals surface area contributed by atoms with Crippen LogP contribution in [0.5, 0.6) is 5.75 Å². The van der Waals surface area contributed by atoms with Gasteiger partial charge in [-0.15, -0.1) is 0 Å². The van der Waals surface area contributed by atoms with E-state index in [9.17, 15) is 8.42 Å². The maximum atomic E-state index is 12.6. The molecule has 0 heterocycles. The lowest BCUT2D eigenvalue weighted by Gasteiger charge is -2.19. The minimum absolute atomic E-state index is 0.226. The molecule has 0 unspecified atom stereocenters. The number of ether oxygens (including phenoxy) is 1. The summed E-state index contributed by atoms with van der Waals surface area (Å²) in [5.41, 5.74) is 0.988. The van der Waals surface area contributed by atoms with E-state index < -0.39 is 10.0 Å². The van der Waals surface area contributed by atoms with Crippen molar-refractivity contribution in [2.24, 2.45) is 0 Å². The van der Waals surface area contributed by atoms with Crippen molar-refractivity contribution >= 4 is 10.0 Å². The van der Waals surface area contributed by atoms with Crippen molar-refractivity contribution in [3.05, 3.63) is 23.8 Å². The van der Waals surface area contributed by atoms with Crippen molar-refractivity contribution in [1.29, 1.82) is 0 Å². The lowest BCUT2D eigenvalue weighted by Crippen LogP contribution is -2.28. The van der Waals surface area contributed by atoms with Gasteiger partial charge in [-0.3, -0.25) is 0 Å². The maximum Gasteiger partial charge on any atom is 0.246 e. The molecule has 0 saturated heterocycles. The van der Waals surface area contributed by atoms with Crippen LogP contribution >= 0.6 is 0 Å². The fourth-order valence-electron chi connectivity index (χ4n) is 2.11. The summed E-state index contributed by atoms with van der Waals surface area (Å²) >= 11 is 0. The van der Waals surface area contributed by atoms with Gasteiger partial charge in [-0.05, 0) is 31.2 Å². The molecular formula is C15H26N2O3S. The second-order valence-corrected chi connectivity index (χ2v) is 7.06. The van der Waals surface area contributed by atoms with Crippen LogP contribution in [0.1, 0.15) is 31.7 Å². The number of hydrogen-bond acceptors (Lipinski definition) is 4. The second-order valence-electron chi connectivity index (χ2n) is 5.05. The molecule has 0 aliphatic rings. The Labute approximate surface area is 128 Å². The van der Waals surface area contributed by atoms with Crippen molar-refractivity contribution in [3.8, 4) is 5.75 Å². The van der Waals surface area contributed by atoms with Crippen LogP contribution in [0.15, 0.2) is 23.1 Å². The molecule has 120 valence electrons. The first-order valence-corrected chi connectivity index (χ1v) is 8.69. The van der Waals surface area contributed by atoms with Gasteiger partial charge in [0, 0.05) is 20.1 Å². The number of methoxy groups -OCH3 is 1. The normalized spacial score (nSPS) is 11.9. The fraction of sp³-hybridized carbons (Fsp3) is 0.600. The Bertz CT molecular complexity index is 544. The van der Waals surface area contributed by atoms with Crippen LogP contribution in [0.3, 0.4) is 0 Å². The first-order valence-electron chi connectivity index (χ1n) is 7.25. The zero-order valence-electron chi connectivity index (χ0n) is 13.3. The Morgan fingerprint density at radius 3 is 2.57 bits per heavy atom. The molecule has 0 amide bonds. The van der Waals surface area contributed by atoms with Gasteiger partial charge in [0.15, 0.2) is 0 Å². The van der Waals surface area contributed by atoms with Crippen LogP contribution in [0, 0.1) is 0 Å². The number of nitrogens with zero attached hydrogens (tertiary/aromatic N) is 1. The number of benzene rings is 1. The molecular weight excluding hydrogens is 288 g/mol. The highest BCUT2D eigenvalue weighted by atomic mass is 32.2. The second kappa shape index (κ2) is 8.36. The van der Waals surface area contributed by atoms with Crippen LogP contribution in [-0.4, -0.2) is 40.5 Å². The van der Waals surface area contributed by atoms with E-state index >= 15 is 0 Å². The lowest BCUT2D eigenvalue weighted by molar-refractivity contribution is 0.396. The third-order valence-corrected chi connectivity index (χ3v) is 5.27. The quantitative estimate of drug-likeness (QED) is 0.710. The number of hydrogen-bond donors (Lipinski definition) is 1. The zero-order chi connectivity index (χ0) is 15.9. The Morgan fingerprint density at radius 2 is 2.00 bits per heavy atom. The van der Waals surface area contributed by atoms with Crippen molar-refractivity contribution in [3.63, 3.8) is 0 Å². The van der Waals surface area contributed by atoms with Crippen LogP contribution in [0.4, 0.5) is 0 Å². The molecule has 0 aliphatic heterocycles. The van der Waals surface area contributed by atoms with Crippen molar-refractivity contribution < 1.29 is 13.2 Å². The maximum absolute atomic E-state index is 12.6. The van der Waals surface area contributed by atoms with Gasteiger partial charge in [-0.2, -0.15) is 0 Å². The summed E-state index contributed by atoms with van der Waals surface area (Å²) in [7, 11) is 1.45. The largest absolute Gasteiger partial charge is 0.495 e. The molecule has 0 bridgehead atoms. The SMILES string of the molecule is CCCCCN(C)S(=O)(=O)c1ccc(CNC)cc1OC. The molecule has 0 spiro atoms. The van der Waals surface area contributed by atoms with E-state index in [1.165, 1.54) is 11.4 Å². The monoisotopic (exact) mass is 314 g/mol. The van der Waals surface area contributed by atoms with E-state index in [0.717, 1.165) is 24.8 Å². The third-order valence-electron chi connectivity index (χ3n) is 3.37. The highest BCUT2D eigenvalue weighted by molar-refractivity contribution is 7.89. The lowest BCUT2D eigenvalue weighted by atomic mass is 10.2. The number of nitrogens with one attached hydrogen (secondary N) is 1. The zero-order valence-corrected chi connectivity index (χ0v) is 14.2. The highest BCUT2D eigenvalue weighted by Crippen LogP contribution is 2.27. The smallest absolute Gasteiger partial charge is 0.246 e. The topological polar surface area (TPSA) is 58.6 Å². The van der Waals surface area contributed by atoms with Crippen LogP contribution in [-0.2, 0) is 16.6 Å². The minimum atomic E-state index is -3.51. The molecule has 0 saturated carbocycles. The van der Waals surface area contributed by atoms with Crippen molar-refractivity contribution in [1.82, 2.24) is 9.62 Å². The van der Waals surface area contributed by atoms with Gasteiger partial charge in [0.1, 0.15) is 10.6 Å². The van der Waals surface area contributed by atoms with E-state index in [1.807, 2.05) is 13.1 Å². The summed E-state index contributed by atoms with van der Waals surface area (Å²) in [6, 6.07) is 5.20. The molecule has 1 N–H and O–H groups in total. The van der Waals surface area contributed by atoms with Gasteiger partial charge in [0.2, 0.25) is 10.0 Å². The van der Waals surface area contributed by atoms with Gasteiger partial charge in [0.25, 0.3) is 0 Å². The Kier molecular flexibility index (Phi) is 7.14. The third kappa shape index (κ3) is 4.69. The molecule has 0 fully saturated rings. The van der Waals surface area contributed by atoms with E-state index in [0.29, 0.717) is 18.8 Å². The average Bonchev–Trinajstić information content (AvgIpc) is 2.47. The van der Waals surface area contributed by atoms with Crippen LogP contribution in [0.2, 0.25) is 0 Å². The van der Waals surface area contributed by atoms with Gasteiger partial charge in [-0.25, -0.2) is 12.7 Å². The average molecular weight is 314 g/mol. The minimum Gasteiger partial charge on any atom is -0.495 e. The number of sulfonamides is 1. The van der Waals surface area contributed by atoms with E-state index in [2.05, 4.69) is 12.2 Å². The summed E-state index contributed by atoms with van der Waals surface area (Å²) in [5.74, 6) is 0.394. The predicted octanol–water partition coefficient (Wildman–Crippen LogP) is 2.23. The molecule has 1 aromatic rings. The summed E-state index contributed by atoms with van der Waals surface area (Å²) in [4.78, 5) is 0.226. The van der Waals surface area contributed by atoms with Crippen molar-refractivity contribution in [2.75, 3.05) is 27.7 Å². The van der Waals surface area contributed by atoms with Gasteiger partial charge in [0.05, 0.1) is 7.11 Å². The van der Waals surface area contributed by atoms with E-state index in [-0.39, 0.29) is 4.90 Å². The van der Waals surface area contributed by atoms with Gasteiger partial charge in [-0.1, -0.05) is 25.8 Å². The highest BCUT2D eigenvalue weighted by Gasteiger charge is 2.24. The van der Waals surface area contributed by atoms with Crippen LogP contribution < -0.4 is 10.1 Å². The van der Waals surface area contributed by atoms with Crippen LogP contribution in [0.25, 0.3) is 0 Å². The molecule has 21 heavy (non-hydrogen) atoms. The Hall–Kier alpha value is -1.11. The Morgan fingerprint density at radius 1 is 1.29 bits per heavy atom. The Balaban J connectivity index is 3.01. The molecule has 5 nitrogen and oxygen atoms in total. The van der Waals surface area contributed by atoms with E-state index in [1.54, 1.807) is 19.2 Å². The molecule has 0 atom stereocenters. The summed E-state index contributed by atoms with van der Waals surface area (Å²) in [5, 5.41) is 3.04. The van der Waals surface area contributed by atoms with E-state index in [4.69, 9.17) is 4.74 Å². The molecule has 6 heteroatoms. The molecule has 1 rings (SSSR count). The summed E-state index contributed by atoms with van der Waals surface area (Å²) < 4.78 is 31.9. The fourth-order valence-corrected chi connectivity index (χ4v) is 3.45. The summed E-state index contributed by atoms with van der Waals surface area (Å²) in [6.45, 7) is 3.29. The molecule has 0 aliphatic carbocycles. The molecule has 1 aromatic carbocycles. The van der Waals surface area contributed by atoms with Crippen molar-refractivity contribution in [2.45, 2.75) is 37.6 Å². The standard InChI is InChI=1S/C15H26N2O3S/c1-5-6-7-10-17(3)21(18,19)15-9-8-13(12-16-2)11-14(15)20-4/h8-9,11,16H,5-7,10,12H2,1-4H3. The summed E-state index contributed by atoms with van der Waals surface area (Å²) in [6.07, 6.45) is 2.96. The van der Waals surface area contributed by atoms with Gasteiger partial charge < -0.3 is 10.1 Å². The molecule has 0 aromatic heterocycles. The number of rotatable bonds is 9. The number of unbranched alkanes of at least 4 members (excludes halogenated alkanes) is 2. The van der Waals surface area contributed by atoms with Gasteiger partial charge >= 0.3 is 0 Å². The molecule has 0 radical (unpaired) electrons. The first-order chi connectivity index (χ1) is 9.97.